The zero-order chi connectivity index (χ0) is 14.2. The molecule has 0 atom stereocenters. The molecule has 0 saturated heterocycles. The van der Waals surface area contributed by atoms with Crippen LogP contribution in [0.4, 0.5) is 0 Å². The molecular weight excluding hydrogens is 272 g/mol. The van der Waals surface area contributed by atoms with Gasteiger partial charge in [-0.15, -0.1) is 5.10 Å². The van der Waals surface area contributed by atoms with Crippen LogP contribution in [-0.2, 0) is 14.6 Å². The topological polar surface area (TPSA) is 104 Å². The maximum absolute atomic E-state index is 11.7. The monoisotopic (exact) mass is 284 g/mol. The van der Waals surface area contributed by atoms with Crippen molar-refractivity contribution >= 4 is 21.6 Å². The van der Waals surface area contributed by atoms with Crippen LogP contribution in [0.25, 0.3) is 5.78 Å². The zero-order valence-electron chi connectivity index (χ0n) is 10.6. The van der Waals surface area contributed by atoms with Crippen LogP contribution in [0.1, 0.15) is 23.0 Å². The molecule has 0 spiro atoms. The standard InChI is InChI=1S/C10H12N4O4S/c1-4-18-8(15)7-5-14-9(11-6(7)2)12-10(13-14)19(3,16)17/h5H,4H2,1-3H3. The average Bonchev–Trinajstić information content (AvgIpc) is 2.70. The number of nitrogens with zero attached hydrogens (tertiary/aromatic N) is 4. The molecule has 2 aromatic rings. The summed E-state index contributed by atoms with van der Waals surface area (Å²) in [6.45, 7) is 3.54. The Morgan fingerprint density at radius 2 is 2.11 bits per heavy atom. The van der Waals surface area contributed by atoms with Gasteiger partial charge < -0.3 is 4.74 Å². The summed E-state index contributed by atoms with van der Waals surface area (Å²) in [5.41, 5.74) is 0.623. The molecule has 0 amide bonds. The number of ether oxygens (including phenoxy) is 1. The van der Waals surface area contributed by atoms with Crippen LogP contribution in [-0.4, -0.2) is 46.8 Å². The van der Waals surface area contributed by atoms with E-state index >= 15 is 0 Å². The fourth-order valence-electron chi connectivity index (χ4n) is 1.45. The highest BCUT2D eigenvalue weighted by Crippen LogP contribution is 2.10. The first kappa shape index (κ1) is 13.4. The van der Waals surface area contributed by atoms with Crippen LogP contribution in [0, 0.1) is 6.92 Å². The average molecular weight is 284 g/mol. The van der Waals surface area contributed by atoms with E-state index in [2.05, 4.69) is 15.1 Å². The van der Waals surface area contributed by atoms with E-state index in [0.717, 1.165) is 10.8 Å². The lowest BCUT2D eigenvalue weighted by Crippen LogP contribution is -2.10. The quantitative estimate of drug-likeness (QED) is 0.731. The number of carbonyl (C=O) groups excluding carboxylic acids is 1. The summed E-state index contributed by atoms with van der Waals surface area (Å²) >= 11 is 0. The first-order valence-corrected chi connectivity index (χ1v) is 7.33. The number of fused-ring (bicyclic) bond motifs is 1. The summed E-state index contributed by atoms with van der Waals surface area (Å²) in [5.74, 6) is -0.420. The summed E-state index contributed by atoms with van der Waals surface area (Å²) in [6, 6.07) is 0. The molecule has 102 valence electrons. The van der Waals surface area contributed by atoms with Crippen LogP contribution in [0.2, 0.25) is 0 Å². The molecule has 2 heterocycles. The van der Waals surface area contributed by atoms with E-state index in [1.54, 1.807) is 13.8 Å². The zero-order valence-corrected chi connectivity index (χ0v) is 11.4. The number of carbonyl (C=O) groups is 1. The van der Waals surface area contributed by atoms with Crippen molar-refractivity contribution in [1.29, 1.82) is 0 Å². The molecule has 0 saturated carbocycles. The third-order valence-electron chi connectivity index (χ3n) is 2.33. The SMILES string of the molecule is CCOC(=O)c1cn2nc(S(C)(=O)=O)nc2nc1C. The summed E-state index contributed by atoms with van der Waals surface area (Å²) in [5, 5.41) is 3.44. The van der Waals surface area contributed by atoms with E-state index < -0.39 is 15.8 Å². The molecule has 0 bridgehead atoms. The molecule has 2 rings (SSSR count). The Morgan fingerprint density at radius 3 is 2.68 bits per heavy atom. The second-order valence-corrected chi connectivity index (χ2v) is 5.78. The van der Waals surface area contributed by atoms with Gasteiger partial charge in [-0.3, -0.25) is 0 Å². The first-order valence-electron chi connectivity index (χ1n) is 5.44. The number of hydrogen-bond acceptors (Lipinski definition) is 7. The molecular formula is C10H12N4O4S. The van der Waals surface area contributed by atoms with Gasteiger partial charge in [0.25, 0.3) is 10.9 Å². The van der Waals surface area contributed by atoms with Gasteiger partial charge in [-0.25, -0.2) is 22.7 Å². The molecule has 8 nitrogen and oxygen atoms in total. The van der Waals surface area contributed by atoms with Crippen LogP contribution in [0.5, 0.6) is 0 Å². The summed E-state index contributed by atoms with van der Waals surface area (Å²) in [6.07, 6.45) is 2.36. The second-order valence-electron chi connectivity index (χ2n) is 3.87. The van der Waals surface area contributed by atoms with Gasteiger partial charge in [0.2, 0.25) is 9.84 Å². The fraction of sp³-hybridized carbons (Fsp3) is 0.400. The molecule has 2 aromatic heterocycles. The van der Waals surface area contributed by atoms with E-state index in [1.807, 2.05) is 0 Å². The Morgan fingerprint density at radius 1 is 1.42 bits per heavy atom. The largest absolute Gasteiger partial charge is 0.462 e. The number of esters is 1. The minimum absolute atomic E-state index is 0.117. The summed E-state index contributed by atoms with van der Waals surface area (Å²) < 4.78 is 28.7. The Kier molecular flexibility index (Phi) is 3.23. The van der Waals surface area contributed by atoms with Gasteiger partial charge in [0.1, 0.15) is 0 Å². The van der Waals surface area contributed by atoms with Gasteiger partial charge in [-0.2, -0.15) is 4.98 Å². The van der Waals surface area contributed by atoms with Crippen molar-refractivity contribution < 1.29 is 17.9 Å². The highest BCUT2D eigenvalue weighted by Gasteiger charge is 2.18. The van der Waals surface area contributed by atoms with Gasteiger partial charge in [0.15, 0.2) is 0 Å². The van der Waals surface area contributed by atoms with Crippen molar-refractivity contribution in [3.8, 4) is 0 Å². The predicted octanol–water partition coefficient (Wildman–Crippen LogP) is 0.0129. The normalized spacial score (nSPS) is 11.7. The third-order valence-corrected chi connectivity index (χ3v) is 3.17. The van der Waals surface area contributed by atoms with Crippen molar-refractivity contribution in [2.24, 2.45) is 0 Å². The third kappa shape index (κ3) is 2.55. The molecule has 0 unspecified atom stereocenters. The van der Waals surface area contributed by atoms with Crippen LogP contribution >= 0.6 is 0 Å². The van der Waals surface area contributed by atoms with Crippen LogP contribution in [0.15, 0.2) is 11.4 Å². The van der Waals surface area contributed by atoms with E-state index in [1.165, 1.54) is 6.20 Å². The number of sulfone groups is 1. The molecule has 0 aromatic carbocycles. The fourth-order valence-corrected chi connectivity index (χ4v) is 1.93. The number of aryl methyl sites for hydroxylation is 1. The molecule has 0 radical (unpaired) electrons. The molecule has 0 aliphatic rings. The lowest BCUT2D eigenvalue weighted by atomic mass is 10.2. The summed E-state index contributed by atoms with van der Waals surface area (Å²) in [4.78, 5) is 19.5. The first-order chi connectivity index (χ1) is 8.82. The number of hydrogen-bond donors (Lipinski definition) is 0. The van der Waals surface area contributed by atoms with E-state index in [9.17, 15) is 13.2 Å². The van der Waals surface area contributed by atoms with Gasteiger partial charge in [0, 0.05) is 12.5 Å². The molecule has 9 heteroatoms. The van der Waals surface area contributed by atoms with Crippen LogP contribution < -0.4 is 0 Å². The Balaban J connectivity index is 2.59. The highest BCUT2D eigenvalue weighted by molar-refractivity contribution is 7.90. The Hall–Kier alpha value is -2.03. The summed E-state index contributed by atoms with van der Waals surface area (Å²) in [7, 11) is -3.52. The van der Waals surface area contributed by atoms with Crippen molar-refractivity contribution in [3.63, 3.8) is 0 Å². The van der Waals surface area contributed by atoms with Gasteiger partial charge in [-0.05, 0) is 13.8 Å². The second kappa shape index (κ2) is 4.57. The smallest absolute Gasteiger partial charge is 0.341 e. The Labute approximate surface area is 109 Å². The van der Waals surface area contributed by atoms with Crippen molar-refractivity contribution in [2.75, 3.05) is 12.9 Å². The van der Waals surface area contributed by atoms with Crippen molar-refractivity contribution in [1.82, 2.24) is 19.6 Å². The predicted molar refractivity (Wildman–Crippen MR) is 64.6 cm³/mol. The highest BCUT2D eigenvalue weighted by atomic mass is 32.2. The van der Waals surface area contributed by atoms with Gasteiger partial charge in [-0.1, -0.05) is 0 Å². The molecule has 0 aliphatic carbocycles. The minimum atomic E-state index is -3.52. The number of rotatable bonds is 3. The van der Waals surface area contributed by atoms with E-state index in [0.29, 0.717) is 5.69 Å². The maximum Gasteiger partial charge on any atom is 0.341 e. The maximum atomic E-state index is 11.7. The van der Waals surface area contributed by atoms with Crippen molar-refractivity contribution in [3.05, 3.63) is 17.5 Å². The Bertz CT molecular complexity index is 750. The van der Waals surface area contributed by atoms with Gasteiger partial charge >= 0.3 is 5.97 Å². The lowest BCUT2D eigenvalue weighted by molar-refractivity contribution is 0.0524. The molecule has 0 fully saturated rings. The minimum Gasteiger partial charge on any atom is -0.462 e. The molecule has 0 aliphatic heterocycles. The lowest BCUT2D eigenvalue weighted by Gasteiger charge is -2.04. The van der Waals surface area contributed by atoms with Gasteiger partial charge in [0.05, 0.1) is 17.9 Å². The molecule has 19 heavy (non-hydrogen) atoms. The van der Waals surface area contributed by atoms with Crippen molar-refractivity contribution in [2.45, 2.75) is 19.0 Å². The van der Waals surface area contributed by atoms with Crippen LogP contribution in [0.3, 0.4) is 0 Å². The van der Waals surface area contributed by atoms with E-state index in [-0.39, 0.29) is 23.1 Å². The van der Waals surface area contributed by atoms with E-state index in [4.69, 9.17) is 4.74 Å². The molecule has 0 N–H and O–H groups in total. The number of aromatic nitrogens is 4.